The molecule has 1 fully saturated rings. The van der Waals surface area contributed by atoms with Crippen molar-refractivity contribution in [2.24, 2.45) is 7.05 Å². The lowest BCUT2D eigenvalue weighted by Crippen LogP contribution is -2.43. The summed E-state index contributed by atoms with van der Waals surface area (Å²) in [5.41, 5.74) is 2.31. The predicted molar refractivity (Wildman–Crippen MR) is 80.6 cm³/mol. The zero-order valence-corrected chi connectivity index (χ0v) is 12.5. The van der Waals surface area contributed by atoms with Crippen LogP contribution in [-0.2, 0) is 18.3 Å². The van der Waals surface area contributed by atoms with Crippen LogP contribution in [0.5, 0.6) is 0 Å². The first-order valence-corrected chi connectivity index (χ1v) is 7.33. The van der Waals surface area contributed by atoms with Gasteiger partial charge in [-0.3, -0.25) is 4.68 Å². The van der Waals surface area contributed by atoms with E-state index in [1.807, 2.05) is 11.7 Å². The maximum Gasteiger partial charge on any atom is 0.0841 e. The molecule has 4 heteroatoms. The lowest BCUT2D eigenvalue weighted by atomic mass is 9.94. The van der Waals surface area contributed by atoms with Crippen LogP contribution in [0, 0.1) is 0 Å². The first kappa shape index (κ1) is 13.6. The molecule has 0 amide bonds. The number of benzene rings is 1. The van der Waals surface area contributed by atoms with Crippen molar-refractivity contribution >= 4 is 10.9 Å². The van der Waals surface area contributed by atoms with E-state index in [1.165, 1.54) is 10.9 Å². The number of aromatic nitrogens is 2. The van der Waals surface area contributed by atoms with Gasteiger partial charge in [0.2, 0.25) is 0 Å². The van der Waals surface area contributed by atoms with Gasteiger partial charge in [-0.15, -0.1) is 0 Å². The average molecular weight is 273 g/mol. The lowest BCUT2D eigenvalue weighted by molar-refractivity contribution is -0.0630. The molecule has 1 unspecified atom stereocenters. The maximum atomic E-state index is 5.76. The number of nitrogens with zero attached hydrogens (tertiary/aromatic N) is 2. The summed E-state index contributed by atoms with van der Waals surface area (Å²) in [6.45, 7) is 5.99. The summed E-state index contributed by atoms with van der Waals surface area (Å²) in [6, 6.07) is 8.91. The van der Waals surface area contributed by atoms with Gasteiger partial charge in [-0.2, -0.15) is 5.10 Å². The van der Waals surface area contributed by atoms with Crippen LogP contribution in [0.25, 0.3) is 10.9 Å². The second-order valence-corrected chi connectivity index (χ2v) is 6.27. The maximum absolute atomic E-state index is 5.76. The number of fused-ring (bicyclic) bond motifs is 1. The monoisotopic (exact) mass is 273 g/mol. The van der Waals surface area contributed by atoms with E-state index in [-0.39, 0.29) is 5.60 Å². The Morgan fingerprint density at radius 2 is 2.20 bits per heavy atom. The minimum Gasteiger partial charge on any atom is -0.375 e. The molecular weight excluding hydrogens is 250 g/mol. The van der Waals surface area contributed by atoms with Crippen LogP contribution in [0.15, 0.2) is 24.3 Å². The molecule has 4 nitrogen and oxygen atoms in total. The van der Waals surface area contributed by atoms with Gasteiger partial charge in [0.05, 0.1) is 16.8 Å². The zero-order chi connectivity index (χ0) is 14.2. The van der Waals surface area contributed by atoms with E-state index in [4.69, 9.17) is 4.74 Å². The molecule has 1 aromatic carbocycles. The highest BCUT2D eigenvalue weighted by Gasteiger charge is 2.28. The smallest absolute Gasteiger partial charge is 0.0841 e. The summed E-state index contributed by atoms with van der Waals surface area (Å²) in [5, 5.41) is 9.52. The Bertz CT molecular complexity index is 603. The SMILES string of the molecule is Cn1nc(CNC2CCOC(C)(C)C2)c2ccccc21. The summed E-state index contributed by atoms with van der Waals surface area (Å²) in [4.78, 5) is 0. The van der Waals surface area contributed by atoms with Crippen LogP contribution >= 0.6 is 0 Å². The largest absolute Gasteiger partial charge is 0.375 e. The minimum absolute atomic E-state index is 0.0118. The molecule has 3 rings (SSSR count). The Hall–Kier alpha value is -1.39. The molecule has 0 saturated carbocycles. The molecule has 1 atom stereocenters. The summed E-state index contributed by atoms with van der Waals surface area (Å²) < 4.78 is 7.72. The van der Waals surface area contributed by atoms with Gasteiger partial charge < -0.3 is 10.1 Å². The molecule has 2 heterocycles. The number of ether oxygens (including phenoxy) is 1. The highest BCUT2D eigenvalue weighted by Crippen LogP contribution is 2.24. The fourth-order valence-corrected chi connectivity index (χ4v) is 3.07. The van der Waals surface area contributed by atoms with Gasteiger partial charge in [0, 0.05) is 31.6 Å². The van der Waals surface area contributed by atoms with Crippen molar-refractivity contribution in [2.45, 2.75) is 44.9 Å². The van der Waals surface area contributed by atoms with E-state index >= 15 is 0 Å². The normalized spacial score (nSPS) is 22.2. The van der Waals surface area contributed by atoms with Crippen LogP contribution in [0.2, 0.25) is 0 Å². The number of aryl methyl sites for hydroxylation is 1. The van der Waals surface area contributed by atoms with E-state index in [0.717, 1.165) is 31.7 Å². The molecule has 1 saturated heterocycles. The standard InChI is InChI=1S/C16H23N3O/c1-16(2)10-12(8-9-20-16)17-11-14-13-6-4-5-7-15(13)19(3)18-14/h4-7,12,17H,8-11H2,1-3H3. The van der Waals surface area contributed by atoms with Crippen LogP contribution in [0.1, 0.15) is 32.4 Å². The third-order valence-corrected chi connectivity index (χ3v) is 4.09. The van der Waals surface area contributed by atoms with Gasteiger partial charge in [-0.05, 0) is 32.8 Å². The number of para-hydroxylation sites is 1. The van der Waals surface area contributed by atoms with Gasteiger partial charge in [0.25, 0.3) is 0 Å². The van der Waals surface area contributed by atoms with E-state index in [0.29, 0.717) is 6.04 Å². The van der Waals surface area contributed by atoms with Gasteiger partial charge in [-0.1, -0.05) is 18.2 Å². The third-order valence-electron chi connectivity index (χ3n) is 4.09. The predicted octanol–water partition coefficient (Wildman–Crippen LogP) is 2.62. The van der Waals surface area contributed by atoms with E-state index < -0.39 is 0 Å². The summed E-state index contributed by atoms with van der Waals surface area (Å²) in [6.07, 6.45) is 2.13. The topological polar surface area (TPSA) is 39.1 Å². The van der Waals surface area contributed by atoms with Crippen molar-refractivity contribution in [2.75, 3.05) is 6.61 Å². The highest BCUT2D eigenvalue weighted by atomic mass is 16.5. The molecule has 1 aromatic heterocycles. The fraction of sp³-hybridized carbons (Fsp3) is 0.562. The van der Waals surface area contributed by atoms with Crippen molar-refractivity contribution < 1.29 is 4.74 Å². The molecule has 0 aliphatic carbocycles. The highest BCUT2D eigenvalue weighted by molar-refractivity contribution is 5.81. The van der Waals surface area contributed by atoms with Gasteiger partial charge in [-0.25, -0.2) is 0 Å². The quantitative estimate of drug-likeness (QED) is 0.934. The summed E-state index contributed by atoms with van der Waals surface area (Å²) in [5.74, 6) is 0. The van der Waals surface area contributed by atoms with E-state index in [1.54, 1.807) is 0 Å². The first-order valence-electron chi connectivity index (χ1n) is 7.33. The Balaban J connectivity index is 1.71. The van der Waals surface area contributed by atoms with Crippen LogP contribution in [0.3, 0.4) is 0 Å². The molecule has 1 aliphatic heterocycles. The number of hydrogen-bond acceptors (Lipinski definition) is 3. The average Bonchev–Trinajstić information content (AvgIpc) is 2.73. The molecule has 108 valence electrons. The number of rotatable bonds is 3. The third kappa shape index (κ3) is 2.72. The Morgan fingerprint density at radius 1 is 1.40 bits per heavy atom. The van der Waals surface area contributed by atoms with E-state index in [9.17, 15) is 0 Å². The van der Waals surface area contributed by atoms with Gasteiger partial charge in [0.15, 0.2) is 0 Å². The van der Waals surface area contributed by atoms with Crippen molar-refractivity contribution in [3.63, 3.8) is 0 Å². The summed E-state index contributed by atoms with van der Waals surface area (Å²) >= 11 is 0. The molecule has 2 aromatic rings. The molecule has 1 N–H and O–H groups in total. The van der Waals surface area contributed by atoms with Crippen LogP contribution in [0.4, 0.5) is 0 Å². The molecule has 1 aliphatic rings. The van der Waals surface area contributed by atoms with Crippen molar-refractivity contribution in [3.8, 4) is 0 Å². The van der Waals surface area contributed by atoms with Crippen LogP contribution in [-0.4, -0.2) is 28.0 Å². The molecule has 20 heavy (non-hydrogen) atoms. The molecule has 0 radical (unpaired) electrons. The number of hydrogen-bond donors (Lipinski definition) is 1. The summed E-state index contributed by atoms with van der Waals surface area (Å²) in [7, 11) is 2.00. The minimum atomic E-state index is -0.0118. The second-order valence-electron chi connectivity index (χ2n) is 6.27. The lowest BCUT2D eigenvalue weighted by Gasteiger charge is -2.35. The Labute approximate surface area is 120 Å². The molecule has 0 bridgehead atoms. The molecule has 0 spiro atoms. The van der Waals surface area contributed by atoms with Crippen molar-refractivity contribution in [1.82, 2.24) is 15.1 Å². The number of nitrogens with one attached hydrogen (secondary N) is 1. The zero-order valence-electron chi connectivity index (χ0n) is 12.5. The Morgan fingerprint density at radius 3 is 3.00 bits per heavy atom. The molecular formula is C16H23N3O. The van der Waals surface area contributed by atoms with Crippen molar-refractivity contribution in [1.29, 1.82) is 0 Å². The van der Waals surface area contributed by atoms with Crippen molar-refractivity contribution in [3.05, 3.63) is 30.0 Å². The Kier molecular flexibility index (Phi) is 3.52. The van der Waals surface area contributed by atoms with Crippen LogP contribution < -0.4 is 5.32 Å². The first-order chi connectivity index (χ1) is 9.55. The fourth-order valence-electron chi connectivity index (χ4n) is 3.07. The van der Waals surface area contributed by atoms with Gasteiger partial charge >= 0.3 is 0 Å². The van der Waals surface area contributed by atoms with Gasteiger partial charge in [0.1, 0.15) is 0 Å². The van der Waals surface area contributed by atoms with E-state index in [2.05, 4.69) is 48.5 Å². The second kappa shape index (κ2) is 5.19.